The molecule has 0 radical (unpaired) electrons. The second-order valence-electron chi connectivity index (χ2n) is 8.53. The number of hydrogen-bond acceptors (Lipinski definition) is 4. The van der Waals surface area contributed by atoms with Gasteiger partial charge in [0, 0.05) is 18.7 Å². The lowest BCUT2D eigenvalue weighted by molar-refractivity contribution is -0.139. The Morgan fingerprint density at radius 2 is 1.54 bits per heavy atom. The Balaban J connectivity index is 2.03. The van der Waals surface area contributed by atoms with Crippen LogP contribution in [0.25, 0.3) is 0 Å². The first-order valence-corrected chi connectivity index (χ1v) is 13.6. The number of carbonyl (C=O) groups excluding carboxylic acids is 2. The molecule has 9 heteroatoms. The molecule has 0 spiro atoms. The van der Waals surface area contributed by atoms with E-state index in [2.05, 4.69) is 5.32 Å². The lowest BCUT2D eigenvalue weighted by atomic mass is 10.1. The van der Waals surface area contributed by atoms with Crippen LogP contribution in [0.5, 0.6) is 0 Å². The zero-order valence-corrected chi connectivity index (χ0v) is 22.0. The molecule has 3 aromatic carbocycles. The highest BCUT2D eigenvalue weighted by atomic mass is 32.2. The summed E-state index contributed by atoms with van der Waals surface area (Å²) in [5, 5.41) is 2.68. The number of rotatable bonds is 11. The molecule has 0 aromatic heterocycles. The Kier molecular flexibility index (Phi) is 9.41. The van der Waals surface area contributed by atoms with Gasteiger partial charge < -0.3 is 10.2 Å². The van der Waals surface area contributed by atoms with Crippen LogP contribution < -0.4 is 9.62 Å². The van der Waals surface area contributed by atoms with Crippen molar-refractivity contribution < 1.29 is 22.4 Å². The van der Waals surface area contributed by atoms with Crippen LogP contribution >= 0.6 is 0 Å². The number of aryl methyl sites for hydroxylation is 1. The van der Waals surface area contributed by atoms with Crippen LogP contribution in [-0.2, 0) is 32.6 Å². The minimum atomic E-state index is -4.13. The maximum absolute atomic E-state index is 14.5. The molecule has 3 rings (SSSR count). The Morgan fingerprint density at radius 3 is 2.14 bits per heavy atom. The second-order valence-corrected chi connectivity index (χ2v) is 10.4. The number of sulfonamides is 1. The zero-order chi connectivity index (χ0) is 27.0. The number of nitrogens with one attached hydrogen (secondary N) is 1. The van der Waals surface area contributed by atoms with Crippen molar-refractivity contribution in [2.75, 3.05) is 17.4 Å². The van der Waals surface area contributed by atoms with E-state index in [1.807, 2.05) is 19.1 Å². The SMILES string of the molecule is CCNC(=O)[C@@H](C)N(Cc1ccccc1F)C(=O)CN(c1ccc(CC)cc1)S(=O)(=O)c1ccccc1. The van der Waals surface area contributed by atoms with Gasteiger partial charge in [0.2, 0.25) is 11.8 Å². The highest BCUT2D eigenvalue weighted by Crippen LogP contribution is 2.25. The molecule has 1 N–H and O–H groups in total. The summed E-state index contributed by atoms with van der Waals surface area (Å²) in [6.07, 6.45) is 0.769. The molecule has 0 aliphatic heterocycles. The summed E-state index contributed by atoms with van der Waals surface area (Å²) in [7, 11) is -4.13. The molecule has 3 aromatic rings. The lowest BCUT2D eigenvalue weighted by Gasteiger charge is -2.32. The van der Waals surface area contributed by atoms with Gasteiger partial charge in [-0.3, -0.25) is 13.9 Å². The molecule has 0 bridgehead atoms. The smallest absolute Gasteiger partial charge is 0.264 e. The number of amides is 2. The fourth-order valence-corrected chi connectivity index (χ4v) is 5.30. The molecular weight excluding hydrogens is 493 g/mol. The van der Waals surface area contributed by atoms with E-state index in [1.165, 1.54) is 42.2 Å². The maximum Gasteiger partial charge on any atom is 0.264 e. The largest absolute Gasteiger partial charge is 0.355 e. The van der Waals surface area contributed by atoms with Gasteiger partial charge in [-0.1, -0.05) is 55.5 Å². The van der Waals surface area contributed by atoms with Gasteiger partial charge in [-0.25, -0.2) is 12.8 Å². The molecule has 2 amide bonds. The maximum atomic E-state index is 14.5. The predicted molar refractivity (Wildman–Crippen MR) is 142 cm³/mol. The molecule has 0 saturated carbocycles. The van der Waals surface area contributed by atoms with Crippen molar-refractivity contribution in [3.05, 3.63) is 95.8 Å². The van der Waals surface area contributed by atoms with Crippen LogP contribution in [0.4, 0.5) is 10.1 Å². The van der Waals surface area contributed by atoms with Crippen molar-refractivity contribution in [3.8, 4) is 0 Å². The van der Waals surface area contributed by atoms with Crippen LogP contribution in [0.2, 0.25) is 0 Å². The van der Waals surface area contributed by atoms with E-state index in [1.54, 1.807) is 43.3 Å². The van der Waals surface area contributed by atoms with E-state index in [-0.39, 0.29) is 17.0 Å². The summed E-state index contributed by atoms with van der Waals surface area (Å²) in [5.74, 6) is -1.58. The number of anilines is 1. The lowest BCUT2D eigenvalue weighted by Crippen LogP contribution is -2.51. The minimum Gasteiger partial charge on any atom is -0.355 e. The number of likely N-dealkylation sites (N-methyl/N-ethyl adjacent to an activating group) is 1. The molecule has 0 saturated heterocycles. The van der Waals surface area contributed by atoms with Gasteiger partial charge in [0.1, 0.15) is 18.4 Å². The average Bonchev–Trinajstić information content (AvgIpc) is 2.91. The third kappa shape index (κ3) is 6.74. The van der Waals surface area contributed by atoms with Crippen LogP contribution in [0.15, 0.2) is 83.8 Å². The minimum absolute atomic E-state index is 0.0276. The summed E-state index contributed by atoms with van der Waals surface area (Å²) in [6, 6.07) is 19.8. The number of hydrogen-bond donors (Lipinski definition) is 1. The number of halogens is 1. The first kappa shape index (κ1) is 27.9. The number of carbonyl (C=O) groups is 2. The molecule has 0 aliphatic rings. The molecule has 0 heterocycles. The van der Waals surface area contributed by atoms with Crippen molar-refractivity contribution in [2.24, 2.45) is 0 Å². The zero-order valence-electron chi connectivity index (χ0n) is 21.2. The van der Waals surface area contributed by atoms with Gasteiger partial charge in [-0.2, -0.15) is 0 Å². The second kappa shape index (κ2) is 12.5. The average molecular weight is 526 g/mol. The van der Waals surface area contributed by atoms with Gasteiger partial charge >= 0.3 is 0 Å². The summed E-state index contributed by atoms with van der Waals surface area (Å²) >= 11 is 0. The van der Waals surface area contributed by atoms with Gasteiger partial charge in [0.25, 0.3) is 10.0 Å². The first-order chi connectivity index (χ1) is 17.7. The summed E-state index contributed by atoms with van der Waals surface area (Å²) < 4.78 is 42.9. The summed E-state index contributed by atoms with van der Waals surface area (Å²) in [5.41, 5.74) is 1.54. The molecule has 196 valence electrons. The molecule has 0 unspecified atom stereocenters. The van der Waals surface area contributed by atoms with E-state index in [0.29, 0.717) is 12.2 Å². The predicted octanol–water partition coefficient (Wildman–Crippen LogP) is 4.14. The summed E-state index contributed by atoms with van der Waals surface area (Å²) in [4.78, 5) is 27.6. The monoisotopic (exact) mass is 525 g/mol. The Hall–Kier alpha value is -3.72. The fourth-order valence-electron chi connectivity index (χ4n) is 3.86. The standard InChI is InChI=1S/C28H32FN3O4S/c1-4-22-15-17-24(18-16-22)32(37(35,36)25-12-7-6-8-13-25)20-27(33)31(21(3)28(34)30-5-2)19-23-11-9-10-14-26(23)29/h6-18,21H,4-5,19-20H2,1-3H3,(H,30,34)/t21-/m1/s1. The van der Waals surface area contributed by atoms with Crippen molar-refractivity contribution in [1.82, 2.24) is 10.2 Å². The fraction of sp³-hybridized carbons (Fsp3) is 0.286. The molecule has 37 heavy (non-hydrogen) atoms. The van der Waals surface area contributed by atoms with Crippen molar-refractivity contribution in [2.45, 2.75) is 44.7 Å². The van der Waals surface area contributed by atoms with E-state index >= 15 is 0 Å². The van der Waals surface area contributed by atoms with Gasteiger partial charge in [-0.05, 0) is 56.2 Å². The van der Waals surface area contributed by atoms with Crippen molar-refractivity contribution in [1.29, 1.82) is 0 Å². The highest BCUT2D eigenvalue weighted by Gasteiger charge is 2.32. The van der Waals surface area contributed by atoms with E-state index in [9.17, 15) is 22.4 Å². The van der Waals surface area contributed by atoms with Crippen LogP contribution in [0.1, 0.15) is 31.9 Å². The van der Waals surface area contributed by atoms with Crippen molar-refractivity contribution in [3.63, 3.8) is 0 Å². The first-order valence-electron chi connectivity index (χ1n) is 12.2. The van der Waals surface area contributed by atoms with E-state index in [4.69, 9.17) is 0 Å². The Labute approximate surface area is 218 Å². The Bertz CT molecular complexity index is 1310. The van der Waals surface area contributed by atoms with Crippen LogP contribution in [0, 0.1) is 5.82 Å². The van der Waals surface area contributed by atoms with Crippen LogP contribution in [0.3, 0.4) is 0 Å². The van der Waals surface area contributed by atoms with E-state index in [0.717, 1.165) is 16.3 Å². The number of nitrogens with zero attached hydrogens (tertiary/aromatic N) is 2. The number of benzene rings is 3. The molecule has 0 fully saturated rings. The third-order valence-corrected chi connectivity index (χ3v) is 7.85. The highest BCUT2D eigenvalue weighted by molar-refractivity contribution is 7.92. The normalized spacial score (nSPS) is 12.0. The van der Waals surface area contributed by atoms with E-state index < -0.39 is 40.2 Å². The third-order valence-electron chi connectivity index (χ3n) is 6.06. The van der Waals surface area contributed by atoms with Gasteiger partial charge in [0.05, 0.1) is 10.6 Å². The van der Waals surface area contributed by atoms with Crippen LogP contribution in [-0.4, -0.2) is 44.3 Å². The topological polar surface area (TPSA) is 86.8 Å². The Morgan fingerprint density at radius 1 is 0.919 bits per heavy atom. The molecule has 1 atom stereocenters. The molecule has 7 nitrogen and oxygen atoms in total. The summed E-state index contributed by atoms with van der Waals surface area (Å²) in [6.45, 7) is 4.86. The van der Waals surface area contributed by atoms with Crippen molar-refractivity contribution >= 4 is 27.5 Å². The quantitative estimate of drug-likeness (QED) is 0.408. The van der Waals surface area contributed by atoms with Gasteiger partial charge in [-0.15, -0.1) is 0 Å². The molecular formula is C28H32FN3O4S. The molecule has 0 aliphatic carbocycles. The van der Waals surface area contributed by atoms with Gasteiger partial charge in [0.15, 0.2) is 0 Å².